The summed E-state index contributed by atoms with van der Waals surface area (Å²) < 4.78 is 4.98. The van der Waals surface area contributed by atoms with E-state index in [9.17, 15) is 4.79 Å². The molecule has 0 aromatic heterocycles. The Labute approximate surface area is 115 Å². The molecular weight excluding hydrogens is 242 g/mol. The molecular formula is C14H27N3O2. The number of nitrogens with two attached hydrogens (primary N) is 1. The molecule has 2 rings (SSSR count). The second-order valence-electron chi connectivity index (χ2n) is 5.74. The van der Waals surface area contributed by atoms with Crippen LogP contribution in [-0.2, 0) is 9.53 Å². The van der Waals surface area contributed by atoms with Gasteiger partial charge < -0.3 is 15.8 Å². The van der Waals surface area contributed by atoms with E-state index in [2.05, 4.69) is 10.2 Å². The van der Waals surface area contributed by atoms with Gasteiger partial charge in [0.1, 0.15) is 0 Å². The van der Waals surface area contributed by atoms with Crippen LogP contribution in [0.4, 0.5) is 0 Å². The highest BCUT2D eigenvalue weighted by atomic mass is 16.5. The largest absolute Gasteiger partial charge is 0.385 e. The quantitative estimate of drug-likeness (QED) is 0.688. The normalized spacial score (nSPS) is 28.9. The van der Waals surface area contributed by atoms with Gasteiger partial charge in [0.05, 0.1) is 6.04 Å². The van der Waals surface area contributed by atoms with Gasteiger partial charge in [-0.15, -0.1) is 0 Å². The Balaban J connectivity index is 1.75. The zero-order valence-corrected chi connectivity index (χ0v) is 11.9. The van der Waals surface area contributed by atoms with E-state index in [0.29, 0.717) is 25.1 Å². The smallest absolute Gasteiger partial charge is 0.237 e. The average Bonchev–Trinajstić information content (AvgIpc) is 2.82. The minimum Gasteiger partial charge on any atom is -0.385 e. The van der Waals surface area contributed by atoms with Gasteiger partial charge in [0.25, 0.3) is 0 Å². The van der Waals surface area contributed by atoms with Crippen LogP contribution in [0, 0.1) is 0 Å². The summed E-state index contributed by atoms with van der Waals surface area (Å²) >= 11 is 0. The summed E-state index contributed by atoms with van der Waals surface area (Å²) in [5.41, 5.74) is 5.92. The molecule has 19 heavy (non-hydrogen) atoms. The lowest BCUT2D eigenvalue weighted by Gasteiger charge is -2.32. The lowest BCUT2D eigenvalue weighted by atomic mass is 9.98. The molecule has 3 atom stereocenters. The number of hydrogen-bond acceptors (Lipinski definition) is 4. The molecule has 110 valence electrons. The first kappa shape index (κ1) is 14.8. The van der Waals surface area contributed by atoms with E-state index in [1.165, 1.54) is 25.8 Å². The number of hydrogen-bond donors (Lipinski definition) is 2. The van der Waals surface area contributed by atoms with E-state index < -0.39 is 6.04 Å². The molecule has 2 saturated heterocycles. The molecule has 0 radical (unpaired) electrons. The predicted octanol–water partition coefficient (Wildman–Crippen LogP) is 0.483. The van der Waals surface area contributed by atoms with E-state index in [1.807, 2.05) is 0 Å². The Kier molecular flexibility index (Phi) is 5.60. The molecule has 0 spiro atoms. The van der Waals surface area contributed by atoms with E-state index in [1.54, 1.807) is 7.11 Å². The fourth-order valence-corrected chi connectivity index (χ4v) is 3.28. The van der Waals surface area contributed by atoms with Gasteiger partial charge in [0.15, 0.2) is 0 Å². The van der Waals surface area contributed by atoms with Crippen molar-refractivity contribution in [1.29, 1.82) is 0 Å². The van der Waals surface area contributed by atoms with E-state index in [0.717, 1.165) is 19.4 Å². The Morgan fingerprint density at radius 1 is 1.42 bits per heavy atom. The first-order valence-electron chi connectivity index (χ1n) is 7.51. The molecule has 0 aromatic rings. The van der Waals surface area contributed by atoms with Crippen molar-refractivity contribution in [2.24, 2.45) is 5.73 Å². The van der Waals surface area contributed by atoms with Crippen molar-refractivity contribution in [3.8, 4) is 0 Å². The lowest BCUT2D eigenvalue weighted by molar-refractivity contribution is -0.123. The molecule has 5 heteroatoms. The van der Waals surface area contributed by atoms with Gasteiger partial charge in [-0.25, -0.2) is 0 Å². The SMILES string of the molecule is COCCCC(N)C(=O)NC1CCN2CCCCC12. The maximum Gasteiger partial charge on any atom is 0.237 e. The van der Waals surface area contributed by atoms with Crippen molar-refractivity contribution in [3.05, 3.63) is 0 Å². The number of ether oxygens (including phenoxy) is 1. The third-order valence-corrected chi connectivity index (χ3v) is 4.38. The van der Waals surface area contributed by atoms with Crippen LogP contribution in [0.15, 0.2) is 0 Å². The Morgan fingerprint density at radius 2 is 2.26 bits per heavy atom. The minimum absolute atomic E-state index is 0.00789. The summed E-state index contributed by atoms with van der Waals surface area (Å²) in [5, 5.41) is 3.16. The molecule has 0 aromatic carbocycles. The van der Waals surface area contributed by atoms with Crippen molar-refractivity contribution in [2.75, 3.05) is 26.8 Å². The first-order valence-corrected chi connectivity index (χ1v) is 7.51. The summed E-state index contributed by atoms with van der Waals surface area (Å²) in [4.78, 5) is 14.6. The summed E-state index contributed by atoms with van der Waals surface area (Å²) in [6.45, 7) is 2.98. The molecule has 3 unspecified atom stereocenters. The van der Waals surface area contributed by atoms with E-state index >= 15 is 0 Å². The van der Waals surface area contributed by atoms with Crippen LogP contribution in [0.5, 0.6) is 0 Å². The standard InChI is InChI=1S/C14H27N3O2/c1-19-10-4-5-11(15)14(18)16-12-7-9-17-8-3-2-6-13(12)17/h11-13H,2-10,15H2,1H3,(H,16,18). The highest BCUT2D eigenvalue weighted by Crippen LogP contribution is 2.27. The van der Waals surface area contributed by atoms with Gasteiger partial charge in [-0.3, -0.25) is 9.69 Å². The predicted molar refractivity (Wildman–Crippen MR) is 74.8 cm³/mol. The van der Waals surface area contributed by atoms with Gasteiger partial charge in [0.2, 0.25) is 5.91 Å². The number of amides is 1. The van der Waals surface area contributed by atoms with Crippen LogP contribution in [0.2, 0.25) is 0 Å². The van der Waals surface area contributed by atoms with Crippen molar-refractivity contribution < 1.29 is 9.53 Å². The molecule has 2 aliphatic rings. The van der Waals surface area contributed by atoms with Crippen LogP contribution < -0.4 is 11.1 Å². The lowest BCUT2D eigenvalue weighted by Crippen LogP contribution is -2.51. The monoisotopic (exact) mass is 269 g/mol. The number of fused-ring (bicyclic) bond motifs is 1. The van der Waals surface area contributed by atoms with Crippen LogP contribution in [0.1, 0.15) is 38.5 Å². The Morgan fingerprint density at radius 3 is 3.05 bits per heavy atom. The summed E-state index contributed by atoms with van der Waals surface area (Å²) in [6, 6.07) is 0.456. The van der Waals surface area contributed by atoms with Gasteiger partial charge in [-0.2, -0.15) is 0 Å². The summed E-state index contributed by atoms with van der Waals surface area (Å²) in [7, 11) is 1.67. The van der Waals surface area contributed by atoms with Gasteiger partial charge in [0, 0.05) is 32.3 Å². The average molecular weight is 269 g/mol. The van der Waals surface area contributed by atoms with Gasteiger partial charge in [-0.1, -0.05) is 6.42 Å². The number of carbonyl (C=O) groups excluding carboxylic acids is 1. The maximum atomic E-state index is 12.1. The number of piperidine rings is 1. The molecule has 0 aliphatic carbocycles. The first-order chi connectivity index (χ1) is 9.22. The van der Waals surface area contributed by atoms with Crippen molar-refractivity contribution >= 4 is 5.91 Å². The second-order valence-corrected chi connectivity index (χ2v) is 5.74. The molecule has 2 aliphatic heterocycles. The van der Waals surface area contributed by atoms with Crippen molar-refractivity contribution in [3.63, 3.8) is 0 Å². The van der Waals surface area contributed by atoms with Gasteiger partial charge in [-0.05, 0) is 38.6 Å². The maximum absolute atomic E-state index is 12.1. The molecule has 1 amide bonds. The van der Waals surface area contributed by atoms with Crippen molar-refractivity contribution in [1.82, 2.24) is 10.2 Å². The number of rotatable bonds is 6. The van der Waals surface area contributed by atoms with Crippen LogP contribution in [0.3, 0.4) is 0 Å². The Bertz CT molecular complexity index is 298. The number of carbonyl (C=O) groups is 1. The summed E-state index contributed by atoms with van der Waals surface area (Å²) in [6.07, 6.45) is 6.40. The topological polar surface area (TPSA) is 67.6 Å². The minimum atomic E-state index is -0.396. The third-order valence-electron chi connectivity index (χ3n) is 4.38. The Hall–Kier alpha value is -0.650. The zero-order valence-electron chi connectivity index (χ0n) is 11.9. The molecule has 2 heterocycles. The molecule has 0 saturated carbocycles. The van der Waals surface area contributed by atoms with Gasteiger partial charge >= 0.3 is 0 Å². The summed E-state index contributed by atoms with van der Waals surface area (Å²) in [5.74, 6) is 0.00789. The highest BCUT2D eigenvalue weighted by molar-refractivity contribution is 5.81. The number of nitrogens with zero attached hydrogens (tertiary/aromatic N) is 1. The highest BCUT2D eigenvalue weighted by Gasteiger charge is 2.36. The van der Waals surface area contributed by atoms with Crippen LogP contribution in [0.25, 0.3) is 0 Å². The van der Waals surface area contributed by atoms with Crippen LogP contribution in [-0.4, -0.2) is 55.7 Å². The molecule has 2 fully saturated rings. The van der Waals surface area contributed by atoms with Crippen molar-refractivity contribution in [2.45, 2.75) is 56.7 Å². The second kappa shape index (κ2) is 7.22. The number of nitrogens with one attached hydrogen (secondary N) is 1. The molecule has 3 N–H and O–H groups in total. The van der Waals surface area contributed by atoms with Crippen LogP contribution >= 0.6 is 0 Å². The zero-order chi connectivity index (χ0) is 13.7. The van der Waals surface area contributed by atoms with E-state index in [-0.39, 0.29) is 5.91 Å². The molecule has 0 bridgehead atoms. The number of methoxy groups -OCH3 is 1. The third kappa shape index (κ3) is 3.91. The van der Waals surface area contributed by atoms with E-state index in [4.69, 9.17) is 10.5 Å². The fraction of sp³-hybridized carbons (Fsp3) is 0.929. The molecule has 5 nitrogen and oxygen atoms in total. The fourth-order valence-electron chi connectivity index (χ4n) is 3.28.